The Bertz CT molecular complexity index is 571. The molecular weight excluding hydrogens is 275 g/mol. The van der Waals surface area contributed by atoms with E-state index >= 15 is 0 Å². The highest BCUT2D eigenvalue weighted by atomic mass is 19.1. The van der Waals surface area contributed by atoms with Crippen LogP contribution >= 0.6 is 0 Å². The van der Waals surface area contributed by atoms with Crippen molar-refractivity contribution >= 4 is 11.7 Å². The lowest BCUT2D eigenvalue weighted by Crippen LogP contribution is -2.44. The van der Waals surface area contributed by atoms with E-state index in [-0.39, 0.29) is 18.2 Å². The number of hydrogen-bond acceptors (Lipinski definition) is 4. The number of benzene rings is 1. The molecule has 1 aromatic rings. The number of hydrogen-bond donors (Lipinski definition) is 1. The summed E-state index contributed by atoms with van der Waals surface area (Å²) in [5.41, 5.74) is 0.766. The number of nitrogens with zero attached hydrogens (tertiary/aromatic N) is 2. The molecule has 2 unspecified atom stereocenters. The van der Waals surface area contributed by atoms with Gasteiger partial charge in [0.1, 0.15) is 17.8 Å². The summed E-state index contributed by atoms with van der Waals surface area (Å²) in [5.74, 6) is -2.04. The number of anilines is 1. The lowest BCUT2D eigenvalue weighted by molar-refractivity contribution is -0.141. The minimum absolute atomic E-state index is 0.156. The Morgan fingerprint density at radius 1 is 1.57 bits per heavy atom. The van der Waals surface area contributed by atoms with Crippen molar-refractivity contribution in [1.29, 1.82) is 5.26 Å². The van der Waals surface area contributed by atoms with E-state index in [9.17, 15) is 19.6 Å². The minimum Gasteiger partial charge on any atom is -0.481 e. The first kappa shape index (κ1) is 15.3. The zero-order valence-electron chi connectivity index (χ0n) is 11.8. The van der Waals surface area contributed by atoms with Crippen molar-refractivity contribution in [2.75, 3.05) is 24.7 Å². The molecule has 1 aliphatic rings. The first-order valence-electron chi connectivity index (χ1n) is 6.85. The summed E-state index contributed by atoms with van der Waals surface area (Å²) in [6.45, 7) is 2.99. The van der Waals surface area contributed by atoms with Crippen LogP contribution in [0.2, 0.25) is 0 Å². The summed E-state index contributed by atoms with van der Waals surface area (Å²) in [5, 5.41) is 18.5. The Kier molecular flexibility index (Phi) is 4.76. The van der Waals surface area contributed by atoms with Crippen molar-refractivity contribution in [3.8, 4) is 6.07 Å². The van der Waals surface area contributed by atoms with Gasteiger partial charge in [0.2, 0.25) is 0 Å². The second-order valence-electron chi connectivity index (χ2n) is 5.02. The van der Waals surface area contributed by atoms with Crippen LogP contribution in [0.5, 0.6) is 0 Å². The van der Waals surface area contributed by atoms with E-state index in [0.29, 0.717) is 18.8 Å². The number of rotatable bonds is 5. The van der Waals surface area contributed by atoms with Crippen LogP contribution in [0.3, 0.4) is 0 Å². The highest BCUT2D eigenvalue weighted by Gasteiger charge is 2.38. The molecule has 0 amide bonds. The normalized spacial score (nSPS) is 21.0. The van der Waals surface area contributed by atoms with Crippen molar-refractivity contribution in [3.63, 3.8) is 0 Å². The maximum Gasteiger partial charge on any atom is 0.311 e. The fourth-order valence-electron chi connectivity index (χ4n) is 2.64. The summed E-state index contributed by atoms with van der Waals surface area (Å²) < 4.78 is 18.6. The first-order chi connectivity index (χ1) is 10.1. The fourth-order valence-corrected chi connectivity index (χ4v) is 2.64. The molecule has 0 aliphatic carbocycles. The third-order valence-electron chi connectivity index (χ3n) is 3.62. The molecule has 0 spiro atoms. The zero-order chi connectivity index (χ0) is 15.4. The SMILES string of the molecule is CCCN(c1ccc(F)cc1C#N)C1COCC1C(=O)O. The molecule has 0 saturated carbocycles. The molecule has 2 rings (SSSR count). The van der Waals surface area contributed by atoms with Gasteiger partial charge in [-0.25, -0.2) is 4.39 Å². The van der Waals surface area contributed by atoms with Gasteiger partial charge in [-0.15, -0.1) is 0 Å². The molecule has 2 atom stereocenters. The molecule has 1 heterocycles. The highest BCUT2D eigenvalue weighted by Crippen LogP contribution is 2.29. The third kappa shape index (κ3) is 3.14. The largest absolute Gasteiger partial charge is 0.481 e. The van der Waals surface area contributed by atoms with Gasteiger partial charge < -0.3 is 14.7 Å². The standard InChI is InChI=1S/C15H17FN2O3/c1-2-5-18(14-9-21-8-12(14)15(19)20)13-4-3-11(16)6-10(13)7-17/h3-4,6,12,14H,2,5,8-9H2,1H3,(H,19,20). The fraction of sp³-hybridized carbons (Fsp3) is 0.467. The Morgan fingerprint density at radius 3 is 2.95 bits per heavy atom. The number of nitriles is 1. The minimum atomic E-state index is -0.917. The Morgan fingerprint density at radius 2 is 2.33 bits per heavy atom. The lowest BCUT2D eigenvalue weighted by atomic mass is 10.00. The van der Waals surface area contributed by atoms with Gasteiger partial charge in [0, 0.05) is 6.54 Å². The smallest absolute Gasteiger partial charge is 0.311 e. The van der Waals surface area contributed by atoms with E-state index in [1.54, 1.807) is 0 Å². The van der Waals surface area contributed by atoms with Crippen LogP contribution in [0.15, 0.2) is 18.2 Å². The van der Waals surface area contributed by atoms with Gasteiger partial charge in [-0.1, -0.05) is 6.92 Å². The maximum absolute atomic E-state index is 13.3. The molecule has 112 valence electrons. The molecule has 1 saturated heterocycles. The van der Waals surface area contributed by atoms with Gasteiger partial charge >= 0.3 is 5.97 Å². The van der Waals surface area contributed by atoms with Crippen LogP contribution in [-0.2, 0) is 9.53 Å². The van der Waals surface area contributed by atoms with E-state index in [2.05, 4.69) is 0 Å². The number of aliphatic carboxylic acids is 1. The van der Waals surface area contributed by atoms with E-state index < -0.39 is 17.7 Å². The van der Waals surface area contributed by atoms with Crippen molar-refractivity contribution in [2.24, 2.45) is 5.92 Å². The summed E-state index contributed by atoms with van der Waals surface area (Å²) in [6.07, 6.45) is 0.783. The van der Waals surface area contributed by atoms with Crippen LogP contribution in [0.1, 0.15) is 18.9 Å². The van der Waals surface area contributed by atoms with Crippen molar-refractivity contribution in [3.05, 3.63) is 29.6 Å². The van der Waals surface area contributed by atoms with Gasteiger partial charge in [0.15, 0.2) is 0 Å². The van der Waals surface area contributed by atoms with Crippen molar-refractivity contribution in [1.82, 2.24) is 0 Å². The van der Waals surface area contributed by atoms with Crippen LogP contribution < -0.4 is 4.90 Å². The lowest BCUT2D eigenvalue weighted by Gasteiger charge is -2.32. The Balaban J connectivity index is 2.40. The Hall–Kier alpha value is -2.13. The van der Waals surface area contributed by atoms with Crippen LogP contribution in [0, 0.1) is 23.1 Å². The molecular formula is C15H17FN2O3. The molecule has 1 fully saturated rings. The van der Waals surface area contributed by atoms with Gasteiger partial charge in [-0.2, -0.15) is 5.26 Å². The second kappa shape index (κ2) is 6.55. The monoisotopic (exact) mass is 292 g/mol. The number of halogens is 1. The molecule has 0 bridgehead atoms. The van der Waals surface area contributed by atoms with Gasteiger partial charge in [0.25, 0.3) is 0 Å². The summed E-state index contributed by atoms with van der Waals surface area (Å²) in [7, 11) is 0. The molecule has 1 aliphatic heterocycles. The number of carboxylic acids is 1. The summed E-state index contributed by atoms with van der Waals surface area (Å²) >= 11 is 0. The quantitative estimate of drug-likeness (QED) is 0.898. The average Bonchev–Trinajstić information content (AvgIpc) is 2.94. The molecule has 1 aromatic carbocycles. The van der Waals surface area contributed by atoms with Gasteiger partial charge in [-0.3, -0.25) is 4.79 Å². The van der Waals surface area contributed by atoms with E-state index in [4.69, 9.17) is 4.74 Å². The van der Waals surface area contributed by atoms with E-state index in [0.717, 1.165) is 6.42 Å². The van der Waals surface area contributed by atoms with Crippen molar-refractivity contribution < 1.29 is 19.0 Å². The molecule has 0 radical (unpaired) electrons. The topological polar surface area (TPSA) is 73.6 Å². The molecule has 1 N–H and O–H groups in total. The predicted octanol–water partition coefficient (Wildman–Crippen LogP) is 2.01. The molecule has 5 nitrogen and oxygen atoms in total. The number of carboxylic acid groups (broad SMARTS) is 1. The van der Waals surface area contributed by atoms with Gasteiger partial charge in [0.05, 0.1) is 30.5 Å². The van der Waals surface area contributed by atoms with Gasteiger partial charge in [-0.05, 0) is 24.6 Å². The van der Waals surface area contributed by atoms with Crippen LogP contribution in [0.4, 0.5) is 10.1 Å². The maximum atomic E-state index is 13.3. The third-order valence-corrected chi connectivity index (χ3v) is 3.62. The van der Waals surface area contributed by atoms with E-state index in [1.807, 2.05) is 17.9 Å². The van der Waals surface area contributed by atoms with Crippen LogP contribution in [-0.4, -0.2) is 36.9 Å². The molecule has 6 heteroatoms. The Labute approximate surface area is 122 Å². The second-order valence-corrected chi connectivity index (χ2v) is 5.02. The summed E-state index contributed by atoms with van der Waals surface area (Å²) in [6, 6.07) is 5.61. The highest BCUT2D eigenvalue weighted by molar-refractivity contribution is 5.73. The average molecular weight is 292 g/mol. The number of carbonyl (C=O) groups is 1. The van der Waals surface area contributed by atoms with E-state index in [1.165, 1.54) is 18.2 Å². The number of ether oxygens (including phenoxy) is 1. The first-order valence-corrected chi connectivity index (χ1v) is 6.85. The summed E-state index contributed by atoms with van der Waals surface area (Å²) in [4.78, 5) is 13.2. The molecule has 21 heavy (non-hydrogen) atoms. The van der Waals surface area contributed by atoms with Crippen molar-refractivity contribution in [2.45, 2.75) is 19.4 Å². The zero-order valence-corrected chi connectivity index (χ0v) is 11.8. The van der Waals surface area contributed by atoms with Crippen LogP contribution in [0.25, 0.3) is 0 Å². The molecule has 0 aromatic heterocycles. The predicted molar refractivity (Wildman–Crippen MR) is 74.5 cm³/mol.